The highest BCUT2D eigenvalue weighted by Crippen LogP contribution is 2.06. The Balaban J connectivity index is 4.33. The maximum absolute atomic E-state index is 11.6. The lowest BCUT2D eigenvalue weighted by molar-refractivity contribution is -0.142. The van der Waals surface area contributed by atoms with Crippen LogP contribution in [0, 0.1) is 5.92 Å². The fourth-order valence-electron chi connectivity index (χ4n) is 1.28. The van der Waals surface area contributed by atoms with E-state index in [9.17, 15) is 9.59 Å². The van der Waals surface area contributed by atoms with Gasteiger partial charge in [-0.1, -0.05) is 20.8 Å². The van der Waals surface area contributed by atoms with E-state index >= 15 is 0 Å². The first-order valence-electron chi connectivity index (χ1n) is 5.52. The van der Waals surface area contributed by atoms with Crippen molar-refractivity contribution < 1.29 is 14.7 Å². The van der Waals surface area contributed by atoms with Gasteiger partial charge in [0.25, 0.3) is 0 Å². The molecule has 0 aromatic carbocycles. The summed E-state index contributed by atoms with van der Waals surface area (Å²) < 4.78 is 0. The first-order valence-corrected chi connectivity index (χ1v) is 5.52. The van der Waals surface area contributed by atoms with Gasteiger partial charge in [-0.3, -0.25) is 0 Å². The third-order valence-corrected chi connectivity index (χ3v) is 2.52. The van der Waals surface area contributed by atoms with Crippen LogP contribution in [0.15, 0.2) is 0 Å². The summed E-state index contributed by atoms with van der Waals surface area (Å²) in [5, 5.41) is 14.0. The molecule has 0 aromatic rings. The van der Waals surface area contributed by atoms with E-state index in [1.165, 1.54) is 13.8 Å². The summed E-state index contributed by atoms with van der Waals surface area (Å²) in [6.45, 7) is 8.90. The summed E-state index contributed by atoms with van der Waals surface area (Å²) >= 11 is 0. The van der Waals surface area contributed by atoms with Gasteiger partial charge in [0.15, 0.2) is 0 Å². The van der Waals surface area contributed by atoms with E-state index < -0.39 is 17.5 Å². The topological polar surface area (TPSA) is 78.4 Å². The van der Waals surface area contributed by atoms with E-state index in [0.29, 0.717) is 5.92 Å². The Hall–Kier alpha value is -1.26. The molecule has 3 N–H and O–H groups in total. The quantitative estimate of drug-likeness (QED) is 0.671. The van der Waals surface area contributed by atoms with Gasteiger partial charge in [-0.25, -0.2) is 9.59 Å². The molecule has 0 radical (unpaired) electrons. The number of amides is 2. The smallest absolute Gasteiger partial charge is 0.328 e. The van der Waals surface area contributed by atoms with Crippen LogP contribution < -0.4 is 10.6 Å². The zero-order chi connectivity index (χ0) is 12.9. The largest absolute Gasteiger partial charge is 0.480 e. The molecule has 0 saturated carbocycles. The fraction of sp³-hybridized carbons (Fsp3) is 0.818. The SMILES string of the molecule is CCC(NC(=O)NC(C)(C)C(=O)O)C(C)C. The third kappa shape index (κ3) is 4.51. The van der Waals surface area contributed by atoms with Crippen molar-refractivity contribution in [3.63, 3.8) is 0 Å². The second-order valence-electron chi connectivity index (χ2n) is 4.79. The summed E-state index contributed by atoms with van der Waals surface area (Å²) in [5.74, 6) is -0.732. The van der Waals surface area contributed by atoms with Crippen LogP contribution in [0.1, 0.15) is 41.0 Å². The first kappa shape index (κ1) is 14.7. The van der Waals surface area contributed by atoms with E-state index in [4.69, 9.17) is 5.11 Å². The summed E-state index contributed by atoms with van der Waals surface area (Å²) in [6, 6.07) is -0.377. The Morgan fingerprint density at radius 3 is 2.12 bits per heavy atom. The number of hydrogen-bond acceptors (Lipinski definition) is 2. The second kappa shape index (κ2) is 5.72. The number of urea groups is 1. The molecule has 0 aromatic heterocycles. The number of carbonyl (C=O) groups excluding carboxylic acids is 1. The van der Waals surface area contributed by atoms with E-state index in [0.717, 1.165) is 6.42 Å². The molecule has 0 fully saturated rings. The molecule has 0 saturated heterocycles. The third-order valence-electron chi connectivity index (χ3n) is 2.52. The number of carboxylic acids is 1. The Morgan fingerprint density at radius 2 is 1.81 bits per heavy atom. The normalized spacial score (nSPS) is 13.4. The summed E-state index contributed by atoms with van der Waals surface area (Å²) in [6.07, 6.45) is 0.818. The van der Waals surface area contributed by atoms with Gasteiger partial charge in [0.05, 0.1) is 0 Å². The maximum atomic E-state index is 11.6. The van der Waals surface area contributed by atoms with Crippen LogP contribution in [0.2, 0.25) is 0 Å². The van der Waals surface area contributed by atoms with Crippen LogP contribution in [0.3, 0.4) is 0 Å². The highest BCUT2D eigenvalue weighted by Gasteiger charge is 2.29. The van der Waals surface area contributed by atoms with Crippen LogP contribution in [0.4, 0.5) is 4.79 Å². The minimum Gasteiger partial charge on any atom is -0.480 e. The van der Waals surface area contributed by atoms with Gasteiger partial charge in [0, 0.05) is 6.04 Å². The van der Waals surface area contributed by atoms with E-state index in [2.05, 4.69) is 10.6 Å². The number of rotatable bonds is 5. The Bertz CT molecular complexity index is 262. The molecule has 0 aliphatic heterocycles. The van der Waals surface area contributed by atoms with E-state index in [1.54, 1.807) is 0 Å². The maximum Gasteiger partial charge on any atom is 0.328 e. The first-order chi connectivity index (χ1) is 7.20. The van der Waals surface area contributed by atoms with Crippen LogP contribution >= 0.6 is 0 Å². The molecule has 1 atom stereocenters. The van der Waals surface area contributed by atoms with Crippen LogP contribution in [-0.2, 0) is 4.79 Å². The van der Waals surface area contributed by atoms with Crippen molar-refractivity contribution in [2.24, 2.45) is 5.92 Å². The summed E-state index contributed by atoms with van der Waals surface area (Å²) in [7, 11) is 0. The molecule has 0 rings (SSSR count). The van der Waals surface area contributed by atoms with Crippen molar-refractivity contribution >= 4 is 12.0 Å². The van der Waals surface area contributed by atoms with Gasteiger partial charge >= 0.3 is 12.0 Å². The molecule has 16 heavy (non-hydrogen) atoms. The highest BCUT2D eigenvalue weighted by molar-refractivity contribution is 5.85. The van der Waals surface area contributed by atoms with Crippen LogP contribution in [0.5, 0.6) is 0 Å². The number of aliphatic carboxylic acids is 1. The highest BCUT2D eigenvalue weighted by atomic mass is 16.4. The predicted molar refractivity (Wildman–Crippen MR) is 62.3 cm³/mol. The van der Waals surface area contributed by atoms with Gasteiger partial charge in [-0.2, -0.15) is 0 Å². The molecule has 0 spiro atoms. The molecular weight excluding hydrogens is 208 g/mol. The average molecular weight is 230 g/mol. The molecule has 1 unspecified atom stereocenters. The lowest BCUT2D eigenvalue weighted by Gasteiger charge is -2.25. The average Bonchev–Trinajstić information content (AvgIpc) is 2.12. The van der Waals surface area contributed by atoms with Crippen LogP contribution in [0.25, 0.3) is 0 Å². The molecule has 5 heteroatoms. The van der Waals surface area contributed by atoms with Crippen molar-refractivity contribution in [1.29, 1.82) is 0 Å². The number of nitrogens with one attached hydrogen (secondary N) is 2. The van der Waals surface area contributed by atoms with Crippen LogP contribution in [-0.4, -0.2) is 28.7 Å². The van der Waals surface area contributed by atoms with Crippen molar-refractivity contribution in [2.45, 2.75) is 52.6 Å². The van der Waals surface area contributed by atoms with E-state index in [-0.39, 0.29) is 6.04 Å². The van der Waals surface area contributed by atoms with E-state index in [1.807, 2.05) is 20.8 Å². The van der Waals surface area contributed by atoms with Gasteiger partial charge in [-0.15, -0.1) is 0 Å². The zero-order valence-electron chi connectivity index (χ0n) is 10.6. The van der Waals surface area contributed by atoms with Gasteiger partial charge in [0.2, 0.25) is 0 Å². The zero-order valence-corrected chi connectivity index (χ0v) is 10.6. The fourth-order valence-corrected chi connectivity index (χ4v) is 1.28. The summed E-state index contributed by atoms with van der Waals surface area (Å²) in [4.78, 5) is 22.4. The molecule has 5 nitrogen and oxygen atoms in total. The Kier molecular flexibility index (Phi) is 5.27. The summed E-state index contributed by atoms with van der Waals surface area (Å²) in [5.41, 5.74) is -1.25. The van der Waals surface area contributed by atoms with Gasteiger partial charge in [0.1, 0.15) is 5.54 Å². The molecule has 0 bridgehead atoms. The molecule has 2 amide bonds. The van der Waals surface area contributed by atoms with Crippen molar-refractivity contribution in [1.82, 2.24) is 10.6 Å². The van der Waals surface area contributed by atoms with Gasteiger partial charge < -0.3 is 15.7 Å². The lowest BCUT2D eigenvalue weighted by Crippen LogP contribution is -2.55. The number of carbonyl (C=O) groups is 2. The minimum atomic E-state index is -1.25. The molecule has 0 aliphatic rings. The second-order valence-corrected chi connectivity index (χ2v) is 4.79. The molecule has 0 heterocycles. The lowest BCUT2D eigenvalue weighted by atomic mass is 10.0. The minimum absolute atomic E-state index is 0.0598. The van der Waals surface area contributed by atoms with Gasteiger partial charge in [-0.05, 0) is 26.2 Å². The van der Waals surface area contributed by atoms with Crippen molar-refractivity contribution in [3.8, 4) is 0 Å². The Labute approximate surface area is 96.6 Å². The predicted octanol–water partition coefficient (Wildman–Crippen LogP) is 1.58. The standard InChI is InChI=1S/C11H22N2O3/c1-6-8(7(2)3)12-10(16)13-11(4,5)9(14)15/h7-8H,6H2,1-5H3,(H,14,15)(H2,12,13,16). The molecular formula is C11H22N2O3. The Morgan fingerprint density at radius 1 is 1.31 bits per heavy atom. The monoisotopic (exact) mass is 230 g/mol. The van der Waals surface area contributed by atoms with Crippen molar-refractivity contribution in [3.05, 3.63) is 0 Å². The molecule has 0 aliphatic carbocycles. The van der Waals surface area contributed by atoms with Crippen molar-refractivity contribution in [2.75, 3.05) is 0 Å². The molecule has 94 valence electrons. The number of carboxylic acid groups (broad SMARTS) is 1. The number of hydrogen-bond donors (Lipinski definition) is 3.